The van der Waals surface area contributed by atoms with Gasteiger partial charge in [0.15, 0.2) is 0 Å². The van der Waals surface area contributed by atoms with Gasteiger partial charge in [-0.3, -0.25) is 0 Å². The molecule has 0 rings (SSSR count). The molecule has 0 unspecified atom stereocenters. The average Bonchev–Trinajstić information content (AvgIpc) is 2.80. The van der Waals surface area contributed by atoms with Crippen molar-refractivity contribution in [3.8, 4) is 0 Å². The maximum atomic E-state index is 11.1. The van der Waals surface area contributed by atoms with Crippen molar-refractivity contribution in [2.75, 3.05) is 55.9 Å². The number of rotatable bonds is 16. The molecular weight excluding hydrogens is 456 g/mol. The lowest BCUT2D eigenvalue weighted by Gasteiger charge is -2.24. The summed E-state index contributed by atoms with van der Waals surface area (Å²) in [6.45, 7) is 10.8. The van der Waals surface area contributed by atoms with E-state index in [0.717, 1.165) is 0 Å². The Bertz CT molecular complexity index is 508. The maximum Gasteiger partial charge on any atom is 0.500 e. The van der Waals surface area contributed by atoms with Crippen LogP contribution < -0.4 is 0 Å². The van der Waals surface area contributed by atoms with Crippen LogP contribution >= 0.6 is 0 Å². The molecule has 10 nitrogen and oxygen atoms in total. The minimum atomic E-state index is -2.53. The van der Waals surface area contributed by atoms with Gasteiger partial charge >= 0.3 is 29.5 Å². The van der Waals surface area contributed by atoms with Crippen LogP contribution in [0.5, 0.6) is 0 Å². The number of carbonyl (C=O) groups is 2. The predicted molar refractivity (Wildman–Crippen MR) is 124 cm³/mol. The monoisotopic (exact) mass is 496 g/mol. The van der Waals surface area contributed by atoms with E-state index in [1.165, 1.54) is 0 Å². The second kappa shape index (κ2) is 18.1. The summed E-state index contributed by atoms with van der Waals surface area (Å²) in [5, 5.41) is 0. The summed E-state index contributed by atoms with van der Waals surface area (Å²) < 4.78 is 41.3. The second-order valence-electron chi connectivity index (χ2n) is 6.63. The summed E-state index contributed by atoms with van der Waals surface area (Å²) >= 11 is 0. The zero-order chi connectivity index (χ0) is 25.2. The van der Waals surface area contributed by atoms with Crippen molar-refractivity contribution in [1.82, 2.24) is 0 Å². The predicted octanol–water partition coefficient (Wildman–Crippen LogP) is 2.75. The lowest BCUT2D eigenvalue weighted by molar-refractivity contribution is -0.139. The van der Waals surface area contributed by atoms with Gasteiger partial charge in [0.1, 0.15) is 0 Å². The summed E-state index contributed by atoms with van der Waals surface area (Å²) in [4.78, 5) is 22.1. The van der Waals surface area contributed by atoms with Crippen molar-refractivity contribution in [3.63, 3.8) is 0 Å². The Morgan fingerprint density at radius 1 is 0.594 bits per heavy atom. The minimum absolute atomic E-state index is 0.316. The topological polar surface area (TPSA) is 108 Å². The molecule has 0 aliphatic heterocycles. The second-order valence-corrected chi connectivity index (χ2v) is 12.8. The SMILES string of the molecule is C=C(C)C(=O)OCCC[Si](OC)(OC)OC.C=C(C)C(=O)OCCC[Si](OC)(OC)OC. The molecular formula is C20H40O10Si2. The normalized spacial score (nSPS) is 11.2. The Labute approximate surface area is 194 Å². The largest absolute Gasteiger partial charge is 0.500 e. The first kappa shape index (κ1) is 32.8. The van der Waals surface area contributed by atoms with Crippen LogP contribution in [0.3, 0.4) is 0 Å². The molecule has 12 heteroatoms. The Morgan fingerprint density at radius 3 is 1.03 bits per heavy atom. The third kappa shape index (κ3) is 13.2. The number of carbonyl (C=O) groups excluding carboxylic acids is 2. The van der Waals surface area contributed by atoms with Crippen LogP contribution in [0.2, 0.25) is 12.1 Å². The van der Waals surface area contributed by atoms with Gasteiger partial charge in [-0.1, -0.05) is 13.2 Å². The molecule has 0 bridgehead atoms. The molecule has 32 heavy (non-hydrogen) atoms. The fraction of sp³-hybridized carbons (Fsp3) is 0.700. The first-order chi connectivity index (χ1) is 15.0. The molecule has 0 saturated heterocycles. The van der Waals surface area contributed by atoms with Crippen molar-refractivity contribution >= 4 is 29.5 Å². The van der Waals surface area contributed by atoms with E-state index in [2.05, 4.69) is 13.2 Å². The average molecular weight is 497 g/mol. The van der Waals surface area contributed by atoms with E-state index < -0.39 is 17.6 Å². The highest BCUT2D eigenvalue weighted by atomic mass is 28.4. The van der Waals surface area contributed by atoms with Crippen molar-refractivity contribution in [1.29, 1.82) is 0 Å². The molecule has 0 amide bonds. The van der Waals surface area contributed by atoms with E-state index in [1.54, 1.807) is 56.5 Å². The number of hydrogen-bond acceptors (Lipinski definition) is 10. The van der Waals surface area contributed by atoms with Crippen LogP contribution in [0, 0.1) is 0 Å². The van der Waals surface area contributed by atoms with Crippen molar-refractivity contribution < 1.29 is 45.6 Å². The van der Waals surface area contributed by atoms with Crippen LogP contribution in [-0.2, 0) is 45.6 Å². The molecule has 0 spiro atoms. The van der Waals surface area contributed by atoms with Gasteiger partial charge in [-0.05, 0) is 26.7 Å². The maximum absolute atomic E-state index is 11.1. The van der Waals surface area contributed by atoms with E-state index in [-0.39, 0.29) is 11.9 Å². The molecule has 0 aromatic rings. The van der Waals surface area contributed by atoms with E-state index >= 15 is 0 Å². The third-order valence-electron chi connectivity index (χ3n) is 4.28. The minimum Gasteiger partial charge on any atom is -0.462 e. The lowest BCUT2D eigenvalue weighted by atomic mass is 10.4. The van der Waals surface area contributed by atoms with Gasteiger partial charge in [0.05, 0.1) is 13.2 Å². The zero-order valence-electron chi connectivity index (χ0n) is 20.7. The Morgan fingerprint density at radius 2 is 0.844 bits per heavy atom. The van der Waals surface area contributed by atoms with Gasteiger partial charge in [-0.2, -0.15) is 0 Å². The fourth-order valence-corrected chi connectivity index (χ4v) is 5.65. The summed E-state index contributed by atoms with van der Waals surface area (Å²) in [6, 6.07) is 1.22. The van der Waals surface area contributed by atoms with E-state index in [1.807, 2.05) is 0 Å². The summed E-state index contributed by atoms with van der Waals surface area (Å²) in [6.07, 6.45) is 1.28. The first-order valence-electron chi connectivity index (χ1n) is 9.98. The van der Waals surface area contributed by atoms with Gasteiger partial charge in [0.2, 0.25) is 0 Å². The highest BCUT2D eigenvalue weighted by Crippen LogP contribution is 2.15. The summed E-state index contributed by atoms with van der Waals surface area (Å²) in [7, 11) is 4.27. The number of hydrogen-bond donors (Lipinski definition) is 0. The summed E-state index contributed by atoms with van der Waals surface area (Å²) in [5.74, 6) is -0.751. The van der Waals surface area contributed by atoms with Gasteiger partial charge in [0, 0.05) is 65.9 Å². The quantitative estimate of drug-likeness (QED) is 0.137. The van der Waals surface area contributed by atoms with Crippen LogP contribution in [-0.4, -0.2) is 85.4 Å². The molecule has 0 aliphatic rings. The first-order valence-corrected chi connectivity index (χ1v) is 13.8. The van der Waals surface area contributed by atoms with E-state index in [9.17, 15) is 9.59 Å². The van der Waals surface area contributed by atoms with Crippen LogP contribution in [0.4, 0.5) is 0 Å². The van der Waals surface area contributed by atoms with Crippen LogP contribution in [0.15, 0.2) is 24.3 Å². The molecule has 0 fully saturated rings. The van der Waals surface area contributed by atoms with Gasteiger partial charge in [-0.25, -0.2) is 9.59 Å². The van der Waals surface area contributed by atoms with Gasteiger partial charge in [-0.15, -0.1) is 0 Å². The highest BCUT2D eigenvalue weighted by Gasteiger charge is 2.37. The lowest BCUT2D eigenvalue weighted by Crippen LogP contribution is -2.42. The molecule has 0 aromatic carbocycles. The van der Waals surface area contributed by atoms with Crippen LogP contribution in [0.25, 0.3) is 0 Å². The van der Waals surface area contributed by atoms with E-state index in [4.69, 9.17) is 36.0 Å². The Kier molecular flexibility index (Phi) is 18.5. The number of esters is 2. The Balaban J connectivity index is 0. The molecule has 0 atom stereocenters. The van der Waals surface area contributed by atoms with Gasteiger partial charge < -0.3 is 36.0 Å². The zero-order valence-corrected chi connectivity index (χ0v) is 22.7. The molecule has 188 valence electrons. The van der Waals surface area contributed by atoms with Crippen molar-refractivity contribution in [2.24, 2.45) is 0 Å². The Hall–Kier alpha value is -1.39. The molecule has 0 N–H and O–H groups in total. The van der Waals surface area contributed by atoms with Crippen molar-refractivity contribution in [2.45, 2.75) is 38.8 Å². The smallest absolute Gasteiger partial charge is 0.462 e. The molecule has 0 aromatic heterocycles. The molecule has 0 radical (unpaired) electrons. The van der Waals surface area contributed by atoms with E-state index in [0.29, 0.717) is 49.3 Å². The highest BCUT2D eigenvalue weighted by molar-refractivity contribution is 6.60. The number of ether oxygens (including phenoxy) is 2. The molecule has 0 aliphatic carbocycles. The third-order valence-corrected chi connectivity index (χ3v) is 9.95. The summed E-state index contributed by atoms with van der Waals surface area (Å²) in [5.41, 5.74) is 0.794. The molecule has 0 saturated carbocycles. The standard InChI is InChI=1S/2C10H20O5Si/c2*1-9(2)10(11)15-7-6-8-16(12-3,13-4)14-5/h2*1,6-8H2,2-5H3. The molecule has 0 heterocycles. The fourth-order valence-electron chi connectivity index (χ4n) is 2.27. The van der Waals surface area contributed by atoms with Crippen LogP contribution in [0.1, 0.15) is 26.7 Å². The van der Waals surface area contributed by atoms with Crippen molar-refractivity contribution in [3.05, 3.63) is 24.3 Å². The van der Waals surface area contributed by atoms with Gasteiger partial charge in [0.25, 0.3) is 0 Å².